The fraction of sp³-hybridized carbons (Fsp3) is 0.576. The van der Waals surface area contributed by atoms with Crippen LogP contribution in [0.5, 0.6) is 23.0 Å². The zero-order valence-electron chi connectivity index (χ0n) is 25.9. The zero-order valence-corrected chi connectivity index (χ0v) is 25.9. The van der Waals surface area contributed by atoms with Gasteiger partial charge in [-0.3, -0.25) is 14.6 Å². The number of ketones is 1. The average Bonchev–Trinajstić information content (AvgIpc) is 3.03. The third-order valence-corrected chi connectivity index (χ3v) is 8.10. The van der Waals surface area contributed by atoms with Gasteiger partial charge in [-0.25, -0.2) is 0 Å². The summed E-state index contributed by atoms with van der Waals surface area (Å²) in [5, 5.41) is 9.61. The van der Waals surface area contributed by atoms with Crippen molar-refractivity contribution in [3.05, 3.63) is 47.5 Å². The third kappa shape index (κ3) is 10.2. The first-order chi connectivity index (χ1) is 20.3. The summed E-state index contributed by atoms with van der Waals surface area (Å²) in [6, 6.07) is 14.4. The van der Waals surface area contributed by atoms with Gasteiger partial charge in [0.05, 0.1) is 39.9 Å². The van der Waals surface area contributed by atoms with E-state index < -0.39 is 0 Å². The molecule has 2 aromatic carbocycles. The maximum atomic E-state index is 11.2. The van der Waals surface area contributed by atoms with Crippen LogP contribution in [0.3, 0.4) is 0 Å². The van der Waals surface area contributed by atoms with Gasteiger partial charge in [-0.15, -0.1) is 0 Å². The number of piperidine rings is 2. The molecule has 2 saturated heterocycles. The van der Waals surface area contributed by atoms with Crippen molar-refractivity contribution in [2.24, 2.45) is 5.41 Å². The second-order valence-corrected chi connectivity index (χ2v) is 11.0. The second-order valence-electron chi connectivity index (χ2n) is 11.0. The Hall–Kier alpha value is -3.32. The molecule has 2 aromatic rings. The highest BCUT2D eigenvalue weighted by atomic mass is 16.5. The Morgan fingerprint density at radius 2 is 1.14 bits per heavy atom. The van der Waals surface area contributed by atoms with Gasteiger partial charge < -0.3 is 23.7 Å². The first-order valence-corrected chi connectivity index (χ1v) is 14.7. The van der Waals surface area contributed by atoms with Crippen molar-refractivity contribution in [2.45, 2.75) is 51.6 Å². The largest absolute Gasteiger partial charge is 0.497 e. The molecule has 0 unspecified atom stereocenters. The lowest BCUT2D eigenvalue weighted by atomic mass is 9.76. The minimum Gasteiger partial charge on any atom is -0.497 e. The fourth-order valence-electron chi connectivity index (χ4n) is 5.50. The molecule has 4 rings (SSSR count). The summed E-state index contributed by atoms with van der Waals surface area (Å²) in [4.78, 5) is 15.9. The van der Waals surface area contributed by atoms with Crippen LogP contribution in [-0.4, -0.2) is 83.9 Å². The number of hydrogen-bond donors (Lipinski definition) is 0. The number of nitrogens with zero attached hydrogens (tertiary/aromatic N) is 3. The van der Waals surface area contributed by atoms with Gasteiger partial charge in [0.1, 0.15) is 28.8 Å². The molecule has 2 heterocycles. The third-order valence-electron chi connectivity index (χ3n) is 8.10. The number of likely N-dealkylation sites (tertiary alicyclic amines) is 2. The Morgan fingerprint density at radius 1 is 0.714 bits per heavy atom. The number of rotatable bonds is 12. The quantitative estimate of drug-likeness (QED) is 0.317. The molecular formula is C33H47N3O6. The number of benzene rings is 2. The summed E-state index contributed by atoms with van der Waals surface area (Å²) in [6.45, 7) is 6.00. The summed E-state index contributed by atoms with van der Waals surface area (Å²) in [6.07, 6.45) is 5.07. The van der Waals surface area contributed by atoms with Crippen LogP contribution in [-0.2, 0) is 22.6 Å². The molecule has 0 atom stereocenters. The van der Waals surface area contributed by atoms with Crippen molar-refractivity contribution >= 4 is 5.78 Å². The first-order valence-electron chi connectivity index (χ1n) is 14.7. The van der Waals surface area contributed by atoms with E-state index in [9.17, 15) is 10.1 Å². The van der Waals surface area contributed by atoms with E-state index in [4.69, 9.17) is 23.7 Å². The minimum absolute atomic E-state index is 0.179. The van der Waals surface area contributed by atoms with Crippen LogP contribution in [0.4, 0.5) is 0 Å². The second kappa shape index (κ2) is 17.0. The highest BCUT2D eigenvalue weighted by molar-refractivity contribution is 5.79. The average molecular weight is 582 g/mol. The van der Waals surface area contributed by atoms with E-state index in [0.29, 0.717) is 18.6 Å². The van der Waals surface area contributed by atoms with Crippen molar-refractivity contribution in [3.63, 3.8) is 0 Å². The highest BCUT2D eigenvalue weighted by Crippen LogP contribution is 2.36. The van der Waals surface area contributed by atoms with Gasteiger partial charge in [0.15, 0.2) is 0 Å². The molecule has 230 valence electrons. The van der Waals surface area contributed by atoms with Gasteiger partial charge >= 0.3 is 0 Å². The summed E-state index contributed by atoms with van der Waals surface area (Å²) in [5.74, 6) is 3.60. The Bertz CT molecular complexity index is 1120. The van der Waals surface area contributed by atoms with Gasteiger partial charge in [-0.05, 0) is 61.1 Å². The molecular weight excluding hydrogens is 534 g/mol. The summed E-state index contributed by atoms with van der Waals surface area (Å²) >= 11 is 0. The van der Waals surface area contributed by atoms with Crippen LogP contribution in [0.25, 0.3) is 0 Å². The van der Waals surface area contributed by atoms with Crippen LogP contribution in [0.15, 0.2) is 36.4 Å². The predicted molar refractivity (Wildman–Crippen MR) is 162 cm³/mol. The molecule has 0 aliphatic carbocycles. The molecule has 0 amide bonds. The normalized spacial score (nSPS) is 17.0. The van der Waals surface area contributed by atoms with E-state index in [1.165, 1.54) is 5.56 Å². The monoisotopic (exact) mass is 581 g/mol. The number of hydrogen-bond acceptors (Lipinski definition) is 9. The van der Waals surface area contributed by atoms with E-state index in [1.54, 1.807) is 35.5 Å². The summed E-state index contributed by atoms with van der Waals surface area (Å²) in [7, 11) is 8.35. The molecule has 0 spiro atoms. The van der Waals surface area contributed by atoms with E-state index in [1.807, 2.05) is 36.4 Å². The maximum absolute atomic E-state index is 11.2. The van der Waals surface area contributed by atoms with E-state index >= 15 is 0 Å². The summed E-state index contributed by atoms with van der Waals surface area (Å²) < 4.78 is 26.3. The van der Waals surface area contributed by atoms with Crippen molar-refractivity contribution < 1.29 is 28.5 Å². The predicted octanol–water partition coefficient (Wildman–Crippen LogP) is 5.10. The van der Waals surface area contributed by atoms with Crippen LogP contribution in [0.1, 0.15) is 49.7 Å². The molecule has 42 heavy (non-hydrogen) atoms. The topological polar surface area (TPSA) is 93.5 Å². The van der Waals surface area contributed by atoms with Gasteiger partial charge in [0.25, 0.3) is 0 Å². The lowest BCUT2D eigenvalue weighted by molar-refractivity contribution is -0.121. The standard InChI is InChI=1S/C19H28N2O3.C14H19NO3/c1-22-10-4-5-19(15-20)6-8-21(9-7-19)14-16-11-17(23-2)13-18(12-16)24-3;1-17-13-7-11(8-14(9-13)18-2)10-15-5-3-12(16)4-6-15/h11-13H,4-10,14H2,1-3H3;7-9H,3-6,10H2,1-2H3. The molecule has 0 saturated carbocycles. The number of carbonyl (C=O) groups excluding carboxylic acids is 1. The van der Waals surface area contributed by atoms with Crippen LogP contribution >= 0.6 is 0 Å². The molecule has 0 radical (unpaired) electrons. The Morgan fingerprint density at radius 3 is 1.52 bits per heavy atom. The molecule has 2 aliphatic rings. The highest BCUT2D eigenvalue weighted by Gasteiger charge is 2.34. The van der Waals surface area contributed by atoms with Gasteiger partial charge in [0, 0.05) is 78.0 Å². The number of nitriles is 1. The fourth-order valence-corrected chi connectivity index (χ4v) is 5.50. The van der Waals surface area contributed by atoms with E-state index in [2.05, 4.69) is 15.9 Å². The number of Topliss-reactive ketones (excluding diaryl/α,β-unsaturated/α-hetero) is 1. The Kier molecular flexibility index (Phi) is 13.4. The van der Waals surface area contributed by atoms with Gasteiger partial charge in [-0.2, -0.15) is 5.26 Å². The molecule has 9 nitrogen and oxygen atoms in total. The number of carbonyl (C=O) groups is 1. The van der Waals surface area contributed by atoms with Crippen LogP contribution in [0, 0.1) is 16.7 Å². The van der Waals surface area contributed by atoms with Crippen LogP contribution in [0.2, 0.25) is 0 Å². The van der Waals surface area contributed by atoms with E-state index in [0.717, 1.165) is 100 Å². The molecule has 2 fully saturated rings. The Balaban J connectivity index is 0.000000240. The number of ether oxygens (including phenoxy) is 5. The lowest BCUT2D eigenvalue weighted by Crippen LogP contribution is -2.39. The van der Waals surface area contributed by atoms with Crippen molar-refractivity contribution in [1.82, 2.24) is 9.80 Å². The maximum Gasteiger partial charge on any atom is 0.135 e. The zero-order chi connectivity index (χ0) is 30.4. The molecule has 0 N–H and O–H groups in total. The summed E-state index contributed by atoms with van der Waals surface area (Å²) in [5.41, 5.74) is 2.15. The number of methoxy groups -OCH3 is 5. The minimum atomic E-state index is -0.179. The van der Waals surface area contributed by atoms with E-state index in [-0.39, 0.29) is 5.41 Å². The van der Waals surface area contributed by atoms with Gasteiger partial charge in [0.2, 0.25) is 0 Å². The Labute approximate surface area is 251 Å². The van der Waals surface area contributed by atoms with Gasteiger partial charge in [-0.1, -0.05) is 0 Å². The molecule has 9 heteroatoms. The smallest absolute Gasteiger partial charge is 0.135 e. The molecule has 2 aliphatic heterocycles. The SMILES string of the molecule is COCCCC1(C#N)CCN(Cc2cc(OC)cc(OC)c2)CC1.COc1cc(CN2CCC(=O)CC2)cc(OC)c1. The van der Waals surface area contributed by atoms with Crippen molar-refractivity contribution in [3.8, 4) is 29.1 Å². The lowest BCUT2D eigenvalue weighted by Gasteiger charge is -2.37. The van der Waals surface area contributed by atoms with Crippen molar-refractivity contribution in [1.29, 1.82) is 5.26 Å². The molecule has 0 bridgehead atoms. The first kappa shape index (κ1) is 33.2. The van der Waals surface area contributed by atoms with Crippen LogP contribution < -0.4 is 18.9 Å². The van der Waals surface area contributed by atoms with Crippen molar-refractivity contribution in [2.75, 3.05) is 68.3 Å². The molecule has 0 aromatic heterocycles.